The molecule has 2 atom stereocenters. The number of esters is 1. The molecular formula is C24H39IN4O3. The number of nitrogens with one attached hydrogen (secondary N) is 1. The highest BCUT2D eigenvalue weighted by atomic mass is 127. The van der Waals surface area contributed by atoms with Crippen LogP contribution in [0.4, 0.5) is 0 Å². The zero-order valence-electron chi connectivity index (χ0n) is 19.9. The Balaban J connectivity index is 0.00000363. The van der Waals surface area contributed by atoms with Crippen LogP contribution >= 0.6 is 24.0 Å². The van der Waals surface area contributed by atoms with Crippen molar-refractivity contribution >= 4 is 35.9 Å². The number of rotatable bonds is 6. The van der Waals surface area contributed by atoms with Gasteiger partial charge >= 0.3 is 5.97 Å². The first-order valence-corrected chi connectivity index (χ1v) is 11.5. The van der Waals surface area contributed by atoms with Gasteiger partial charge in [0.25, 0.3) is 0 Å². The van der Waals surface area contributed by atoms with E-state index in [9.17, 15) is 4.79 Å². The van der Waals surface area contributed by atoms with E-state index < -0.39 is 0 Å². The van der Waals surface area contributed by atoms with Crippen LogP contribution in [-0.2, 0) is 9.53 Å². The van der Waals surface area contributed by atoms with Crippen molar-refractivity contribution in [2.75, 3.05) is 54.0 Å². The van der Waals surface area contributed by atoms with Crippen molar-refractivity contribution in [3.63, 3.8) is 0 Å². The molecule has 0 saturated carbocycles. The molecule has 0 aliphatic carbocycles. The highest BCUT2D eigenvalue weighted by Gasteiger charge is 2.31. The van der Waals surface area contributed by atoms with Gasteiger partial charge < -0.3 is 19.7 Å². The lowest BCUT2D eigenvalue weighted by molar-refractivity contribution is -0.146. The van der Waals surface area contributed by atoms with E-state index in [0.29, 0.717) is 12.0 Å². The quantitative estimate of drug-likeness (QED) is 0.250. The smallest absolute Gasteiger partial charge is 0.308 e. The number of ether oxygens (including phenoxy) is 2. The molecule has 2 aliphatic heterocycles. The molecule has 8 heteroatoms. The van der Waals surface area contributed by atoms with E-state index in [-0.39, 0.29) is 35.9 Å². The average Bonchev–Trinajstić information content (AvgIpc) is 2.81. The molecular weight excluding hydrogens is 519 g/mol. The van der Waals surface area contributed by atoms with Crippen molar-refractivity contribution in [3.8, 4) is 5.75 Å². The molecule has 1 N–H and O–H groups in total. The van der Waals surface area contributed by atoms with Crippen LogP contribution in [0.3, 0.4) is 0 Å². The Morgan fingerprint density at radius 3 is 2.41 bits per heavy atom. The van der Waals surface area contributed by atoms with E-state index in [1.165, 1.54) is 25.5 Å². The summed E-state index contributed by atoms with van der Waals surface area (Å²) in [6.45, 7) is 6.50. The summed E-state index contributed by atoms with van der Waals surface area (Å²) in [5.41, 5.74) is 1.33. The zero-order valence-corrected chi connectivity index (χ0v) is 22.2. The van der Waals surface area contributed by atoms with Gasteiger partial charge in [-0.3, -0.25) is 14.7 Å². The molecule has 0 aromatic heterocycles. The number of nitrogens with zero attached hydrogens (tertiary/aromatic N) is 3. The zero-order chi connectivity index (χ0) is 22.2. The summed E-state index contributed by atoms with van der Waals surface area (Å²) < 4.78 is 10.3. The van der Waals surface area contributed by atoms with Gasteiger partial charge in [0.05, 0.1) is 20.1 Å². The first kappa shape index (κ1) is 26.7. The lowest BCUT2D eigenvalue weighted by Crippen LogP contribution is -2.47. The Labute approximate surface area is 209 Å². The molecule has 0 bridgehead atoms. The van der Waals surface area contributed by atoms with Crippen LogP contribution in [0.2, 0.25) is 0 Å². The summed E-state index contributed by atoms with van der Waals surface area (Å²) in [5.74, 6) is 2.24. The minimum atomic E-state index is -0.0887. The van der Waals surface area contributed by atoms with Crippen molar-refractivity contribution in [1.82, 2.24) is 15.1 Å². The van der Waals surface area contributed by atoms with Gasteiger partial charge in [-0.15, -0.1) is 24.0 Å². The van der Waals surface area contributed by atoms with Crippen LogP contribution in [0.15, 0.2) is 29.3 Å². The highest BCUT2D eigenvalue weighted by molar-refractivity contribution is 14.0. The van der Waals surface area contributed by atoms with Crippen LogP contribution in [0, 0.1) is 11.8 Å². The molecule has 2 unspecified atom stereocenters. The number of aliphatic imine (C=N–C) groups is 1. The summed E-state index contributed by atoms with van der Waals surface area (Å²) in [4.78, 5) is 21.7. The molecule has 2 saturated heterocycles. The molecule has 32 heavy (non-hydrogen) atoms. The summed E-state index contributed by atoms with van der Waals surface area (Å²) in [6.07, 6.45) is 4.01. The molecule has 3 rings (SSSR count). The molecule has 180 valence electrons. The number of halogens is 1. The number of hydrogen-bond acceptors (Lipinski definition) is 5. The number of benzene rings is 1. The fraction of sp³-hybridized carbons (Fsp3) is 0.667. The molecule has 1 aromatic carbocycles. The van der Waals surface area contributed by atoms with E-state index in [0.717, 1.165) is 57.3 Å². The average molecular weight is 559 g/mol. The predicted molar refractivity (Wildman–Crippen MR) is 139 cm³/mol. The largest absolute Gasteiger partial charge is 0.497 e. The van der Waals surface area contributed by atoms with Gasteiger partial charge in [0.1, 0.15) is 5.75 Å². The third-order valence-electron chi connectivity index (χ3n) is 6.60. The van der Waals surface area contributed by atoms with Gasteiger partial charge in [-0.25, -0.2) is 0 Å². The second-order valence-corrected chi connectivity index (χ2v) is 8.58. The Morgan fingerprint density at radius 2 is 1.81 bits per heavy atom. The Hall–Kier alpha value is -1.55. The van der Waals surface area contributed by atoms with Crippen LogP contribution in [-0.4, -0.2) is 75.7 Å². The minimum absolute atomic E-state index is 0. The van der Waals surface area contributed by atoms with E-state index in [4.69, 9.17) is 14.5 Å². The van der Waals surface area contributed by atoms with E-state index in [2.05, 4.69) is 41.2 Å². The number of likely N-dealkylation sites (tertiary alicyclic amines) is 2. The van der Waals surface area contributed by atoms with Crippen LogP contribution in [0.5, 0.6) is 5.75 Å². The summed E-state index contributed by atoms with van der Waals surface area (Å²) in [7, 11) is 5.39. The molecule has 0 amide bonds. The highest BCUT2D eigenvalue weighted by Crippen LogP contribution is 2.36. The van der Waals surface area contributed by atoms with Crippen LogP contribution < -0.4 is 10.1 Å². The van der Waals surface area contributed by atoms with Crippen molar-refractivity contribution in [3.05, 3.63) is 29.8 Å². The third kappa shape index (κ3) is 6.73. The number of carbonyl (C=O) groups is 1. The second-order valence-electron chi connectivity index (χ2n) is 8.58. The number of hydrogen-bond donors (Lipinski definition) is 1. The molecule has 2 fully saturated rings. The predicted octanol–water partition coefficient (Wildman–Crippen LogP) is 3.55. The molecule has 2 heterocycles. The van der Waals surface area contributed by atoms with Crippen LogP contribution in [0.1, 0.15) is 44.2 Å². The lowest BCUT2D eigenvalue weighted by Gasteiger charge is -2.39. The first-order chi connectivity index (χ1) is 15.1. The van der Waals surface area contributed by atoms with Gasteiger partial charge in [-0.1, -0.05) is 12.1 Å². The Bertz CT molecular complexity index is 735. The standard InChI is InChI=1S/C24H38N4O3.HI/c1-5-25-24(28-15-12-19(13-16-28)23(29)31-4)26-17-20-7-6-14-27(2)22(20)18-8-10-21(30-3)11-9-18;/h8-11,19-20,22H,5-7,12-17H2,1-4H3,(H,25,26);1H. The Morgan fingerprint density at radius 1 is 1.12 bits per heavy atom. The topological polar surface area (TPSA) is 66.4 Å². The summed E-state index contributed by atoms with van der Waals surface area (Å²) >= 11 is 0. The summed E-state index contributed by atoms with van der Waals surface area (Å²) in [6, 6.07) is 8.83. The maximum Gasteiger partial charge on any atom is 0.308 e. The van der Waals surface area contributed by atoms with Crippen molar-refractivity contribution in [1.29, 1.82) is 0 Å². The van der Waals surface area contributed by atoms with Gasteiger partial charge in [-0.2, -0.15) is 0 Å². The van der Waals surface area contributed by atoms with Gasteiger partial charge in [0, 0.05) is 32.2 Å². The second kappa shape index (κ2) is 13.2. The number of methoxy groups -OCH3 is 2. The van der Waals surface area contributed by atoms with Crippen molar-refractivity contribution < 1.29 is 14.3 Å². The number of piperidine rings is 2. The fourth-order valence-corrected chi connectivity index (χ4v) is 4.90. The van der Waals surface area contributed by atoms with Crippen molar-refractivity contribution in [2.24, 2.45) is 16.8 Å². The van der Waals surface area contributed by atoms with Crippen LogP contribution in [0.25, 0.3) is 0 Å². The number of carbonyl (C=O) groups excluding carboxylic acids is 1. The van der Waals surface area contributed by atoms with Gasteiger partial charge in [0.15, 0.2) is 5.96 Å². The normalized spacial score (nSPS) is 22.8. The first-order valence-electron chi connectivity index (χ1n) is 11.5. The van der Waals surface area contributed by atoms with E-state index in [1.54, 1.807) is 7.11 Å². The minimum Gasteiger partial charge on any atom is -0.497 e. The molecule has 2 aliphatic rings. The third-order valence-corrected chi connectivity index (χ3v) is 6.60. The SMILES string of the molecule is CCNC(=NCC1CCCN(C)C1c1ccc(OC)cc1)N1CCC(C(=O)OC)CC1.I. The lowest BCUT2D eigenvalue weighted by atomic mass is 9.85. The van der Waals surface area contributed by atoms with E-state index in [1.807, 2.05) is 12.1 Å². The maximum absolute atomic E-state index is 11.8. The fourth-order valence-electron chi connectivity index (χ4n) is 4.90. The van der Waals surface area contributed by atoms with Gasteiger partial charge in [-0.05, 0) is 69.8 Å². The van der Waals surface area contributed by atoms with E-state index >= 15 is 0 Å². The molecule has 0 radical (unpaired) electrons. The molecule has 7 nitrogen and oxygen atoms in total. The summed E-state index contributed by atoms with van der Waals surface area (Å²) in [5, 5.41) is 3.46. The number of guanidine groups is 1. The molecule has 0 spiro atoms. The monoisotopic (exact) mass is 558 g/mol. The van der Waals surface area contributed by atoms with Crippen molar-refractivity contribution in [2.45, 2.75) is 38.6 Å². The molecule has 1 aromatic rings. The van der Waals surface area contributed by atoms with Gasteiger partial charge in [0.2, 0.25) is 0 Å². The maximum atomic E-state index is 11.8. The Kier molecular flexibility index (Phi) is 11.0.